The van der Waals surface area contributed by atoms with Gasteiger partial charge < -0.3 is 29.6 Å². The number of amides is 4. The third kappa shape index (κ3) is 9.58. The predicted octanol–water partition coefficient (Wildman–Crippen LogP) is 5.02. The lowest BCUT2D eigenvalue weighted by molar-refractivity contribution is -0.477. The number of pyridine rings is 1. The van der Waals surface area contributed by atoms with Crippen molar-refractivity contribution >= 4 is 55.6 Å². The predicted molar refractivity (Wildman–Crippen MR) is 195 cm³/mol. The van der Waals surface area contributed by atoms with Crippen molar-refractivity contribution in [1.29, 1.82) is 0 Å². The van der Waals surface area contributed by atoms with Crippen LogP contribution in [0.2, 0.25) is 0 Å². The van der Waals surface area contributed by atoms with E-state index in [0.717, 1.165) is 10.8 Å². The number of ether oxygens (including phenoxy) is 2. The maximum Gasteiger partial charge on any atom is 0.408 e. The lowest BCUT2D eigenvalue weighted by Crippen LogP contribution is -2.58. The van der Waals surface area contributed by atoms with E-state index in [1.807, 2.05) is 18.2 Å². The van der Waals surface area contributed by atoms with Crippen molar-refractivity contribution in [2.75, 3.05) is 13.1 Å². The average molecular weight is 753 g/mol. The van der Waals surface area contributed by atoms with Crippen LogP contribution in [0.25, 0.3) is 27.3 Å². The van der Waals surface area contributed by atoms with Gasteiger partial charge in [0.05, 0.1) is 18.1 Å². The molecule has 1 aromatic carbocycles. The molecule has 4 atom stereocenters. The lowest BCUT2D eigenvalue weighted by atomic mass is 9.85. The Kier molecular flexibility index (Phi) is 11.3. The van der Waals surface area contributed by atoms with E-state index in [4.69, 9.17) is 13.9 Å². The summed E-state index contributed by atoms with van der Waals surface area (Å²) in [6.45, 7) is 13.8. The molecule has 0 spiro atoms. The number of aromatic nitrogens is 1. The molecule has 1 saturated heterocycles. The Morgan fingerprint density at radius 2 is 1.81 bits per heavy atom. The van der Waals surface area contributed by atoms with Gasteiger partial charge in [-0.3, -0.25) is 19.0 Å². The smallest absolute Gasteiger partial charge is 0.408 e. The summed E-state index contributed by atoms with van der Waals surface area (Å²) in [6, 6.07) is 4.95. The summed E-state index contributed by atoms with van der Waals surface area (Å²) in [5.74, 6) is -2.39. The van der Waals surface area contributed by atoms with Crippen molar-refractivity contribution in [3.8, 4) is 5.88 Å². The van der Waals surface area contributed by atoms with Crippen LogP contribution in [-0.2, 0) is 29.1 Å². The Morgan fingerprint density at radius 1 is 1.09 bits per heavy atom. The highest BCUT2D eigenvalue weighted by Crippen LogP contribution is 2.34. The van der Waals surface area contributed by atoms with Crippen molar-refractivity contribution in [1.82, 2.24) is 19.9 Å². The van der Waals surface area contributed by atoms with Gasteiger partial charge in [0, 0.05) is 35.7 Å². The number of furan rings is 1. The van der Waals surface area contributed by atoms with E-state index in [-0.39, 0.29) is 38.2 Å². The van der Waals surface area contributed by atoms with Crippen LogP contribution in [0.4, 0.5) is 4.79 Å². The van der Waals surface area contributed by atoms with Gasteiger partial charge in [-0.15, -0.1) is 6.58 Å². The molecule has 2 aliphatic rings. The molecule has 0 radical (unpaired) electrons. The first kappa shape index (κ1) is 39.3. The fourth-order valence-electron chi connectivity index (χ4n) is 6.29. The average Bonchev–Trinajstić information content (AvgIpc) is 3.69. The highest BCUT2D eigenvalue weighted by atomic mass is 32.2. The molecule has 286 valence electrons. The Balaban J connectivity index is 1.37. The van der Waals surface area contributed by atoms with Gasteiger partial charge >= 0.3 is 12.0 Å². The van der Waals surface area contributed by atoms with Gasteiger partial charge in [-0.2, -0.15) is 0 Å². The molecule has 3 heterocycles. The van der Waals surface area contributed by atoms with Gasteiger partial charge in [0.25, 0.3) is 0 Å². The minimum atomic E-state index is -3.72. The van der Waals surface area contributed by atoms with Crippen LogP contribution in [0, 0.1) is 11.3 Å². The van der Waals surface area contributed by atoms with Crippen molar-refractivity contribution in [2.24, 2.45) is 11.3 Å². The standard InChI is InChI=1S/C37H48N6O9S/c1-8-22(9-14-30(44)41-53(48,49)24-10-11-24)20-43(38)33(45)28-19-23(51-32-27-12-13-29-26(16-18-50-29)25(27)15-17-39-32)21-42(28)34(46)31(36(2,3)4)40-35(47)52-37(5,6)7/h8,12-13,15-18,22-24,28,31H,1,9-11,14,19-21H2,2-7H3,(H,40,47)(H,41,44)/t22?,23-,28+,31-/m1/s1. The van der Waals surface area contributed by atoms with Crippen molar-refractivity contribution in [2.45, 2.75) is 103 Å². The van der Waals surface area contributed by atoms with Crippen molar-refractivity contribution in [3.63, 3.8) is 0 Å². The monoisotopic (exact) mass is 752 g/mol. The Hall–Kier alpha value is -4.86. The molecule has 1 saturated carbocycles. The zero-order valence-electron chi connectivity index (χ0n) is 31.0. The summed E-state index contributed by atoms with van der Waals surface area (Å²) in [5.41, 5.74) is 10.2. The summed E-state index contributed by atoms with van der Waals surface area (Å²) in [5, 5.41) is 4.52. The molecule has 1 aliphatic heterocycles. The Bertz CT molecular complexity index is 2030. The van der Waals surface area contributed by atoms with Crippen molar-refractivity contribution < 1.29 is 46.2 Å². The number of nitrogens with zero attached hydrogens (tertiary/aromatic N) is 4. The van der Waals surface area contributed by atoms with E-state index in [9.17, 15) is 33.1 Å². The minimum absolute atomic E-state index is 0.0167. The number of hydrogen-bond acceptors (Lipinski definition) is 10. The summed E-state index contributed by atoms with van der Waals surface area (Å²) in [7, 11) is -3.72. The van der Waals surface area contributed by atoms with Crippen LogP contribution >= 0.6 is 0 Å². The lowest BCUT2D eigenvalue weighted by Gasteiger charge is -2.35. The molecule has 4 amide bonds. The van der Waals surface area contributed by atoms with Crippen LogP contribution < -0.4 is 14.8 Å². The van der Waals surface area contributed by atoms with Gasteiger partial charge in [0.1, 0.15) is 29.9 Å². The van der Waals surface area contributed by atoms with E-state index in [1.54, 1.807) is 60.1 Å². The normalized spacial score (nSPS) is 19.0. The number of alkyl carbamates (subject to hydrolysis) is 1. The van der Waals surface area contributed by atoms with E-state index in [2.05, 4.69) is 21.6 Å². The van der Waals surface area contributed by atoms with E-state index in [0.29, 0.717) is 28.5 Å². The zero-order chi connectivity index (χ0) is 38.9. The van der Waals surface area contributed by atoms with E-state index < -0.39 is 74.2 Å². The molecule has 15 nitrogen and oxygen atoms in total. The molecule has 2 N–H and O–H groups in total. The fraction of sp³-hybridized carbons (Fsp3) is 0.541. The van der Waals surface area contributed by atoms with Crippen LogP contribution in [0.15, 0.2) is 53.8 Å². The number of nitrogens with one attached hydrogen (secondary N) is 2. The number of benzene rings is 1. The topological polar surface area (TPSA) is 200 Å². The van der Waals surface area contributed by atoms with E-state index >= 15 is 0 Å². The van der Waals surface area contributed by atoms with Crippen LogP contribution in [0.1, 0.15) is 73.6 Å². The molecule has 5 rings (SSSR count). The van der Waals surface area contributed by atoms with E-state index in [1.165, 1.54) is 11.0 Å². The first-order chi connectivity index (χ1) is 24.8. The van der Waals surface area contributed by atoms with Gasteiger partial charge in [0.15, 0.2) is 6.04 Å². The second-order valence-electron chi connectivity index (χ2n) is 15.8. The number of rotatable bonds is 13. The second-order valence-corrected chi connectivity index (χ2v) is 17.7. The summed E-state index contributed by atoms with van der Waals surface area (Å²) >= 11 is 0. The molecular weight excluding hydrogens is 705 g/mol. The first-order valence-corrected chi connectivity index (χ1v) is 19.2. The number of fused-ring (bicyclic) bond motifs is 3. The number of hydrogen-bond donors (Lipinski definition) is 2. The zero-order valence-corrected chi connectivity index (χ0v) is 31.8. The summed E-state index contributed by atoms with van der Waals surface area (Å²) in [4.78, 5) is 59.5. The van der Waals surface area contributed by atoms with Crippen LogP contribution in [0.5, 0.6) is 5.88 Å². The third-order valence-electron chi connectivity index (χ3n) is 9.18. The summed E-state index contributed by atoms with van der Waals surface area (Å²) in [6.07, 6.45) is 4.01. The summed E-state index contributed by atoms with van der Waals surface area (Å²) < 4.78 is 44.3. The van der Waals surface area contributed by atoms with Gasteiger partial charge in [-0.05, 0) is 75.1 Å². The largest absolute Gasteiger partial charge is 0.497 e. The molecule has 16 heteroatoms. The van der Waals surface area contributed by atoms with Crippen LogP contribution in [-0.4, -0.2) is 88.9 Å². The second kappa shape index (κ2) is 15.2. The number of carbonyl (C=O) groups is 4. The molecule has 53 heavy (non-hydrogen) atoms. The minimum Gasteiger partial charge on any atom is -0.497 e. The Labute approximate surface area is 309 Å². The van der Waals surface area contributed by atoms with Gasteiger partial charge in [-0.25, -0.2) is 23.0 Å². The third-order valence-corrected chi connectivity index (χ3v) is 11.0. The highest BCUT2D eigenvalue weighted by Gasteiger charge is 2.49. The molecule has 1 aliphatic carbocycles. The fourth-order valence-corrected chi connectivity index (χ4v) is 7.63. The molecular formula is C37H48N6O9S. The van der Waals surface area contributed by atoms with Crippen LogP contribution in [0.3, 0.4) is 0 Å². The number of carbonyl (C=O) groups excluding carboxylic acids is 4. The van der Waals surface area contributed by atoms with Gasteiger partial charge in [0.2, 0.25) is 27.7 Å². The molecule has 0 bridgehead atoms. The Morgan fingerprint density at radius 3 is 2.45 bits per heavy atom. The molecule has 1 unspecified atom stereocenters. The number of sulfonamides is 1. The van der Waals surface area contributed by atoms with Gasteiger partial charge in [-0.1, -0.05) is 26.8 Å². The quantitative estimate of drug-likeness (QED) is 0.136. The van der Waals surface area contributed by atoms with Crippen molar-refractivity contribution in [3.05, 3.63) is 54.9 Å². The molecule has 2 aromatic heterocycles. The number of likely N-dealkylation sites (tertiary alicyclic amines) is 1. The molecule has 2 fully saturated rings. The SMILES string of the molecule is C=CC(CCC(=O)NS(=O)(=O)C1CC1)C[N+](=[N-])C(=O)[C@@H]1C[C@@H](Oc2nccc3c2ccc2occc23)CN1C(=O)[C@@H](NC(=O)OC(C)(C)C)C(C)(C)C. The molecule has 3 aromatic rings. The highest BCUT2D eigenvalue weighted by molar-refractivity contribution is 7.90. The maximum atomic E-state index is 14.4. The first-order valence-electron chi connectivity index (χ1n) is 17.7. The maximum absolute atomic E-state index is 14.4.